The Bertz CT molecular complexity index is 766. The van der Waals surface area contributed by atoms with E-state index < -0.39 is 0 Å². The average Bonchev–Trinajstić information content (AvgIpc) is 2.95. The fraction of sp³-hybridized carbons (Fsp3) is 0.500. The summed E-state index contributed by atoms with van der Waals surface area (Å²) < 4.78 is 2.38. The van der Waals surface area contributed by atoms with Gasteiger partial charge in [0, 0.05) is 22.3 Å². The van der Waals surface area contributed by atoms with Crippen LogP contribution in [0, 0.1) is 13.8 Å². The first-order chi connectivity index (χ1) is 12.6. The van der Waals surface area contributed by atoms with E-state index in [1.807, 2.05) is 30.5 Å². The summed E-state index contributed by atoms with van der Waals surface area (Å²) in [6, 6.07) is 8.48. The van der Waals surface area contributed by atoms with E-state index in [-0.39, 0.29) is 5.91 Å². The SMILES string of the molecule is CSc1cccc(NC(=O)CSc2nc(C)c(C)n2C2CCCCC2)c1. The summed E-state index contributed by atoms with van der Waals surface area (Å²) in [5.41, 5.74) is 3.17. The minimum atomic E-state index is 0.0155. The highest BCUT2D eigenvalue weighted by atomic mass is 32.2. The van der Waals surface area contributed by atoms with Crippen molar-refractivity contribution in [1.29, 1.82) is 0 Å². The number of hydrogen-bond donors (Lipinski definition) is 1. The van der Waals surface area contributed by atoms with Crippen LogP contribution in [-0.4, -0.2) is 27.5 Å². The van der Waals surface area contributed by atoms with Gasteiger partial charge in [0.05, 0.1) is 11.4 Å². The number of aryl methyl sites for hydroxylation is 1. The highest BCUT2D eigenvalue weighted by Crippen LogP contribution is 2.34. The summed E-state index contributed by atoms with van der Waals surface area (Å²) >= 11 is 3.22. The molecule has 1 heterocycles. The molecular weight excluding hydrogens is 362 g/mol. The monoisotopic (exact) mass is 389 g/mol. The van der Waals surface area contributed by atoms with Gasteiger partial charge in [-0.2, -0.15) is 0 Å². The lowest BCUT2D eigenvalue weighted by molar-refractivity contribution is -0.113. The number of rotatable bonds is 6. The molecule has 3 rings (SSSR count). The smallest absolute Gasteiger partial charge is 0.234 e. The third kappa shape index (κ3) is 4.65. The first-order valence-corrected chi connectivity index (χ1v) is 11.4. The van der Waals surface area contributed by atoms with Gasteiger partial charge in [-0.1, -0.05) is 37.1 Å². The Morgan fingerprint density at radius 1 is 1.27 bits per heavy atom. The van der Waals surface area contributed by atoms with Gasteiger partial charge in [-0.3, -0.25) is 4.79 Å². The van der Waals surface area contributed by atoms with Crippen molar-refractivity contribution >= 4 is 35.1 Å². The van der Waals surface area contributed by atoms with Crippen LogP contribution in [0.4, 0.5) is 5.69 Å². The zero-order chi connectivity index (χ0) is 18.5. The Kier molecular flexibility index (Phi) is 6.70. The van der Waals surface area contributed by atoms with E-state index in [4.69, 9.17) is 4.98 Å². The first kappa shape index (κ1) is 19.4. The Hall–Kier alpha value is -1.40. The molecule has 6 heteroatoms. The molecule has 1 aliphatic carbocycles. The second-order valence-corrected chi connectivity index (χ2v) is 8.62. The molecule has 0 bridgehead atoms. The summed E-state index contributed by atoms with van der Waals surface area (Å²) in [4.78, 5) is 18.3. The Labute approximate surface area is 164 Å². The number of nitrogens with one attached hydrogen (secondary N) is 1. The maximum absolute atomic E-state index is 12.4. The van der Waals surface area contributed by atoms with Crippen molar-refractivity contribution in [2.24, 2.45) is 0 Å². The molecule has 0 radical (unpaired) electrons. The molecular formula is C20H27N3OS2. The molecule has 1 aromatic carbocycles. The van der Waals surface area contributed by atoms with E-state index in [0.29, 0.717) is 11.8 Å². The van der Waals surface area contributed by atoms with Crippen molar-refractivity contribution in [2.45, 2.75) is 62.0 Å². The average molecular weight is 390 g/mol. The van der Waals surface area contributed by atoms with Crippen LogP contribution >= 0.6 is 23.5 Å². The summed E-state index contributed by atoms with van der Waals surface area (Å²) in [5, 5.41) is 3.98. The first-order valence-electron chi connectivity index (χ1n) is 9.20. The predicted molar refractivity (Wildman–Crippen MR) is 111 cm³/mol. The van der Waals surface area contributed by atoms with Crippen LogP contribution in [0.15, 0.2) is 34.3 Å². The van der Waals surface area contributed by atoms with E-state index in [1.54, 1.807) is 23.5 Å². The maximum Gasteiger partial charge on any atom is 0.234 e. The molecule has 26 heavy (non-hydrogen) atoms. The molecule has 0 spiro atoms. The number of carbonyl (C=O) groups excluding carboxylic acids is 1. The maximum atomic E-state index is 12.4. The normalized spacial score (nSPS) is 15.2. The predicted octanol–water partition coefficient (Wildman–Crippen LogP) is 5.46. The number of nitrogens with zero attached hydrogens (tertiary/aromatic N) is 2. The highest BCUT2D eigenvalue weighted by molar-refractivity contribution is 7.99. The standard InChI is InChI=1S/C20H27N3OS2/c1-14-15(2)23(17-9-5-4-6-10-17)20(21-14)26-13-19(24)22-16-8-7-11-18(12-16)25-3/h7-8,11-12,17H,4-6,9-10,13H2,1-3H3,(H,22,24). The van der Waals surface area contributed by atoms with Crippen molar-refractivity contribution in [2.75, 3.05) is 17.3 Å². The van der Waals surface area contributed by atoms with Crippen molar-refractivity contribution < 1.29 is 4.79 Å². The minimum absolute atomic E-state index is 0.0155. The summed E-state index contributed by atoms with van der Waals surface area (Å²) in [7, 11) is 0. The molecule has 0 atom stereocenters. The molecule has 1 saturated carbocycles. The second kappa shape index (κ2) is 9.00. The lowest BCUT2D eigenvalue weighted by Crippen LogP contribution is -2.17. The van der Waals surface area contributed by atoms with Gasteiger partial charge in [-0.05, 0) is 51.1 Å². The zero-order valence-electron chi connectivity index (χ0n) is 15.7. The molecule has 1 aromatic heterocycles. The molecule has 1 fully saturated rings. The molecule has 2 aromatic rings. The van der Waals surface area contributed by atoms with Gasteiger partial charge >= 0.3 is 0 Å². The van der Waals surface area contributed by atoms with Gasteiger partial charge in [0.15, 0.2) is 5.16 Å². The number of imidazole rings is 1. The molecule has 1 N–H and O–H groups in total. The van der Waals surface area contributed by atoms with Gasteiger partial charge in [0.1, 0.15) is 0 Å². The molecule has 140 valence electrons. The van der Waals surface area contributed by atoms with Crippen LogP contribution in [0.3, 0.4) is 0 Å². The minimum Gasteiger partial charge on any atom is -0.325 e. The van der Waals surface area contributed by atoms with Crippen molar-refractivity contribution in [1.82, 2.24) is 9.55 Å². The Morgan fingerprint density at radius 2 is 2.04 bits per heavy atom. The number of thioether (sulfide) groups is 2. The molecule has 0 aliphatic heterocycles. The number of amides is 1. The fourth-order valence-electron chi connectivity index (χ4n) is 3.50. The van der Waals surface area contributed by atoms with E-state index in [0.717, 1.165) is 21.4 Å². The molecule has 4 nitrogen and oxygen atoms in total. The third-order valence-electron chi connectivity index (χ3n) is 4.98. The van der Waals surface area contributed by atoms with Gasteiger partial charge < -0.3 is 9.88 Å². The number of carbonyl (C=O) groups is 1. The molecule has 0 saturated heterocycles. The van der Waals surface area contributed by atoms with Crippen LogP contribution in [0.25, 0.3) is 0 Å². The Balaban J connectivity index is 1.65. The number of benzene rings is 1. The lowest BCUT2D eigenvalue weighted by Gasteiger charge is -2.26. The Morgan fingerprint density at radius 3 is 2.77 bits per heavy atom. The van der Waals surface area contributed by atoms with E-state index in [1.165, 1.54) is 37.8 Å². The molecule has 0 unspecified atom stereocenters. The van der Waals surface area contributed by atoms with Crippen LogP contribution in [0.5, 0.6) is 0 Å². The van der Waals surface area contributed by atoms with Crippen molar-refractivity contribution in [3.63, 3.8) is 0 Å². The van der Waals surface area contributed by atoms with Gasteiger partial charge in [0.25, 0.3) is 0 Å². The lowest BCUT2D eigenvalue weighted by atomic mass is 9.95. The number of hydrogen-bond acceptors (Lipinski definition) is 4. The quantitative estimate of drug-likeness (QED) is 0.667. The van der Waals surface area contributed by atoms with Gasteiger partial charge in [0.2, 0.25) is 5.91 Å². The largest absolute Gasteiger partial charge is 0.325 e. The van der Waals surface area contributed by atoms with Crippen LogP contribution < -0.4 is 5.32 Å². The summed E-state index contributed by atoms with van der Waals surface area (Å²) in [5.74, 6) is 0.397. The van der Waals surface area contributed by atoms with Gasteiger partial charge in [-0.25, -0.2) is 4.98 Å². The van der Waals surface area contributed by atoms with E-state index in [2.05, 4.69) is 23.7 Å². The van der Waals surface area contributed by atoms with Crippen molar-refractivity contribution in [3.8, 4) is 0 Å². The van der Waals surface area contributed by atoms with Gasteiger partial charge in [-0.15, -0.1) is 11.8 Å². The number of anilines is 1. The van der Waals surface area contributed by atoms with Crippen LogP contribution in [-0.2, 0) is 4.79 Å². The fourth-order valence-corrected chi connectivity index (χ4v) is 4.91. The summed E-state index contributed by atoms with van der Waals surface area (Å²) in [6.45, 7) is 4.21. The zero-order valence-corrected chi connectivity index (χ0v) is 17.4. The molecule has 1 amide bonds. The van der Waals surface area contributed by atoms with Crippen LogP contribution in [0.2, 0.25) is 0 Å². The third-order valence-corrected chi connectivity index (χ3v) is 6.66. The van der Waals surface area contributed by atoms with Crippen LogP contribution in [0.1, 0.15) is 49.5 Å². The highest BCUT2D eigenvalue weighted by Gasteiger charge is 2.22. The number of aromatic nitrogens is 2. The van der Waals surface area contributed by atoms with E-state index >= 15 is 0 Å². The van der Waals surface area contributed by atoms with Crippen molar-refractivity contribution in [3.05, 3.63) is 35.7 Å². The van der Waals surface area contributed by atoms with E-state index in [9.17, 15) is 4.79 Å². The topological polar surface area (TPSA) is 46.9 Å². The molecule has 1 aliphatic rings. The summed E-state index contributed by atoms with van der Waals surface area (Å²) in [6.07, 6.45) is 8.39. The second-order valence-electron chi connectivity index (χ2n) is 6.80.